The number of nitrogens with zero attached hydrogens (tertiary/aromatic N) is 3. The molecule has 0 saturated heterocycles. The summed E-state index contributed by atoms with van der Waals surface area (Å²) in [5.41, 5.74) is 2.18. The van der Waals surface area contributed by atoms with Crippen LogP contribution in [0.5, 0.6) is 5.88 Å². The number of azo groups is 1. The first-order valence-corrected chi connectivity index (χ1v) is 7.40. The number of amides is 1. The van der Waals surface area contributed by atoms with E-state index < -0.39 is 10.8 Å². The number of fused-ring (bicyclic) bond motifs is 1. The van der Waals surface area contributed by atoms with Gasteiger partial charge in [0.25, 0.3) is 5.69 Å². The smallest absolute Gasteiger partial charge is 0.302 e. The quantitative estimate of drug-likeness (QED) is 0.419. The minimum Gasteiger partial charge on any atom is -0.493 e. The highest BCUT2D eigenvalue weighted by atomic mass is 16.6. The van der Waals surface area contributed by atoms with Crippen molar-refractivity contribution in [1.82, 2.24) is 4.98 Å². The van der Waals surface area contributed by atoms with Gasteiger partial charge in [-0.25, -0.2) is 0 Å². The summed E-state index contributed by atoms with van der Waals surface area (Å²) in [7, 11) is 0. The number of benzene rings is 2. The summed E-state index contributed by atoms with van der Waals surface area (Å²) in [5.74, 6) is -1.08. The second kappa shape index (κ2) is 6.16. The Morgan fingerprint density at radius 2 is 1.96 bits per heavy atom. The van der Waals surface area contributed by atoms with Crippen LogP contribution in [0.1, 0.15) is 21.5 Å². The molecule has 0 atom stereocenters. The molecule has 0 aliphatic rings. The second-order valence-electron chi connectivity index (χ2n) is 5.61. The molecule has 1 amide bonds. The number of para-hydroxylation sites is 1. The molecule has 3 rings (SSSR count). The highest BCUT2D eigenvalue weighted by Gasteiger charge is 2.19. The molecule has 0 unspecified atom stereocenters. The highest BCUT2D eigenvalue weighted by molar-refractivity contribution is 6.00. The van der Waals surface area contributed by atoms with Gasteiger partial charge in [0.15, 0.2) is 5.69 Å². The van der Waals surface area contributed by atoms with Gasteiger partial charge in [0, 0.05) is 11.5 Å². The third kappa shape index (κ3) is 2.97. The summed E-state index contributed by atoms with van der Waals surface area (Å²) in [6.07, 6.45) is 0. The lowest BCUT2D eigenvalue weighted by Gasteiger charge is -1.99. The van der Waals surface area contributed by atoms with Crippen molar-refractivity contribution < 1.29 is 14.8 Å². The fourth-order valence-corrected chi connectivity index (χ4v) is 2.69. The van der Waals surface area contributed by atoms with Crippen molar-refractivity contribution in [3.05, 3.63) is 63.2 Å². The van der Waals surface area contributed by atoms with Crippen molar-refractivity contribution in [3.8, 4) is 5.88 Å². The van der Waals surface area contributed by atoms with Crippen LogP contribution in [-0.4, -0.2) is 20.9 Å². The number of H-pyrrole nitrogens is 1. The van der Waals surface area contributed by atoms with Crippen molar-refractivity contribution in [2.45, 2.75) is 13.8 Å². The zero-order valence-corrected chi connectivity index (χ0v) is 13.5. The lowest BCUT2D eigenvalue weighted by Crippen LogP contribution is -2.00. The molecule has 0 bridgehead atoms. The van der Waals surface area contributed by atoms with Gasteiger partial charge in [-0.3, -0.25) is 14.9 Å². The topological polar surface area (TPSA) is 121 Å². The molecule has 8 heteroatoms. The molecule has 126 valence electrons. The maximum Gasteiger partial charge on any atom is 0.302 e. The molecule has 0 saturated carbocycles. The molecular formula is C17H14N4O4. The van der Waals surface area contributed by atoms with E-state index in [0.29, 0.717) is 10.9 Å². The fourth-order valence-electron chi connectivity index (χ4n) is 2.69. The number of aromatic hydroxyl groups is 1. The van der Waals surface area contributed by atoms with Crippen LogP contribution in [0.4, 0.5) is 11.4 Å². The first-order chi connectivity index (χ1) is 11.9. The highest BCUT2D eigenvalue weighted by Crippen LogP contribution is 2.37. The van der Waals surface area contributed by atoms with Crippen LogP contribution in [-0.2, 0) is 0 Å². The molecule has 25 heavy (non-hydrogen) atoms. The fraction of sp³-hybridized carbons (Fsp3) is 0.118. The number of carbonyl (C=O) groups is 1. The average Bonchev–Trinajstić information content (AvgIpc) is 2.88. The van der Waals surface area contributed by atoms with Crippen molar-refractivity contribution >= 4 is 28.2 Å². The Morgan fingerprint density at radius 1 is 1.24 bits per heavy atom. The minimum absolute atomic E-state index is 0.119. The second-order valence-corrected chi connectivity index (χ2v) is 5.61. The Kier molecular flexibility index (Phi) is 4.02. The summed E-state index contributed by atoms with van der Waals surface area (Å²) < 4.78 is 0. The number of nitro benzene ring substituents is 1. The standard InChI is InChI=1S/C17H14N4O4/c1-9-7-10(2)14-12(8-9)15(17(23)18-14)19-20-16(22)11-5-3-4-6-13(11)21(24)25/h3-8,18,23H,1-2H3. The number of hydrogen-bond donors (Lipinski definition) is 2. The molecule has 0 spiro atoms. The van der Waals surface area contributed by atoms with Gasteiger partial charge in [-0.2, -0.15) is 0 Å². The van der Waals surface area contributed by atoms with E-state index in [0.717, 1.165) is 11.1 Å². The largest absolute Gasteiger partial charge is 0.493 e. The van der Waals surface area contributed by atoms with Crippen molar-refractivity contribution in [3.63, 3.8) is 0 Å². The third-order valence-corrected chi connectivity index (χ3v) is 3.77. The summed E-state index contributed by atoms with van der Waals surface area (Å²) in [4.78, 5) is 25.3. The summed E-state index contributed by atoms with van der Waals surface area (Å²) >= 11 is 0. The predicted octanol–water partition coefficient (Wildman–Crippen LogP) is 4.32. The summed E-state index contributed by atoms with van der Waals surface area (Å²) in [6, 6.07) is 9.25. The Morgan fingerprint density at radius 3 is 2.68 bits per heavy atom. The van der Waals surface area contributed by atoms with Crippen LogP contribution in [0.2, 0.25) is 0 Å². The molecule has 2 N–H and O–H groups in total. The van der Waals surface area contributed by atoms with E-state index in [2.05, 4.69) is 15.2 Å². The van der Waals surface area contributed by atoms with E-state index in [-0.39, 0.29) is 22.8 Å². The van der Waals surface area contributed by atoms with Gasteiger partial charge >= 0.3 is 5.91 Å². The summed E-state index contributed by atoms with van der Waals surface area (Å²) in [6.45, 7) is 3.78. The molecule has 1 aromatic heterocycles. The lowest BCUT2D eigenvalue weighted by molar-refractivity contribution is -0.385. The van der Waals surface area contributed by atoms with Gasteiger partial charge in [0.2, 0.25) is 5.88 Å². The molecule has 0 fully saturated rings. The molecule has 8 nitrogen and oxygen atoms in total. The van der Waals surface area contributed by atoms with Crippen LogP contribution in [0, 0.1) is 24.0 Å². The molecule has 2 aromatic carbocycles. The molecule has 3 aromatic rings. The van der Waals surface area contributed by atoms with E-state index in [9.17, 15) is 20.0 Å². The number of nitro groups is 1. The van der Waals surface area contributed by atoms with Gasteiger partial charge < -0.3 is 10.1 Å². The van der Waals surface area contributed by atoms with Gasteiger partial charge in [0.1, 0.15) is 5.56 Å². The zero-order chi connectivity index (χ0) is 18.1. The van der Waals surface area contributed by atoms with Crippen molar-refractivity contribution in [2.24, 2.45) is 10.2 Å². The molecule has 0 aliphatic heterocycles. The maximum atomic E-state index is 12.2. The minimum atomic E-state index is -0.856. The Hall–Kier alpha value is -3.55. The van der Waals surface area contributed by atoms with E-state index in [1.807, 2.05) is 26.0 Å². The van der Waals surface area contributed by atoms with E-state index in [4.69, 9.17) is 0 Å². The van der Waals surface area contributed by atoms with Crippen LogP contribution in [0.15, 0.2) is 46.6 Å². The van der Waals surface area contributed by atoms with Gasteiger partial charge in [0.05, 0.1) is 10.4 Å². The van der Waals surface area contributed by atoms with E-state index >= 15 is 0 Å². The molecular weight excluding hydrogens is 324 g/mol. The Balaban J connectivity index is 2.03. The van der Waals surface area contributed by atoms with Gasteiger partial charge in [-0.05, 0) is 31.5 Å². The van der Waals surface area contributed by atoms with Gasteiger partial charge in [-0.1, -0.05) is 23.8 Å². The molecule has 1 heterocycles. The normalized spacial score (nSPS) is 11.3. The molecule has 0 radical (unpaired) electrons. The number of aromatic amines is 1. The number of hydrogen-bond acceptors (Lipinski definition) is 5. The van der Waals surface area contributed by atoms with Crippen LogP contribution >= 0.6 is 0 Å². The third-order valence-electron chi connectivity index (χ3n) is 3.77. The Bertz CT molecular complexity index is 1040. The average molecular weight is 338 g/mol. The first-order valence-electron chi connectivity index (χ1n) is 7.40. The van der Waals surface area contributed by atoms with Crippen molar-refractivity contribution in [1.29, 1.82) is 0 Å². The number of aryl methyl sites for hydroxylation is 2. The Labute approximate surface area is 142 Å². The lowest BCUT2D eigenvalue weighted by atomic mass is 10.1. The first kappa shape index (κ1) is 16.3. The van der Waals surface area contributed by atoms with Gasteiger partial charge in [-0.15, -0.1) is 10.2 Å². The van der Waals surface area contributed by atoms with E-state index in [1.165, 1.54) is 24.3 Å². The predicted molar refractivity (Wildman–Crippen MR) is 91.4 cm³/mol. The zero-order valence-electron chi connectivity index (χ0n) is 13.5. The van der Waals surface area contributed by atoms with Crippen LogP contribution in [0.25, 0.3) is 10.9 Å². The monoisotopic (exact) mass is 338 g/mol. The molecule has 0 aliphatic carbocycles. The maximum absolute atomic E-state index is 12.2. The van der Waals surface area contributed by atoms with Crippen LogP contribution in [0.3, 0.4) is 0 Å². The van der Waals surface area contributed by atoms with Crippen molar-refractivity contribution in [2.75, 3.05) is 0 Å². The number of carbonyl (C=O) groups excluding carboxylic acids is 1. The van der Waals surface area contributed by atoms with Crippen LogP contribution < -0.4 is 0 Å². The number of aromatic nitrogens is 1. The van der Waals surface area contributed by atoms with E-state index in [1.54, 1.807) is 0 Å². The summed E-state index contributed by atoms with van der Waals surface area (Å²) in [5, 5.41) is 29.0. The number of nitrogens with one attached hydrogen (secondary N) is 1. The number of rotatable bonds is 3. The SMILES string of the molecule is Cc1cc(C)c2[nH]c(O)c(N=NC(=O)c3ccccc3[N+](=O)[O-])c2c1.